The quantitative estimate of drug-likeness (QED) is 0.317. The van der Waals surface area contributed by atoms with Gasteiger partial charge in [-0.2, -0.15) is 10.2 Å². The highest BCUT2D eigenvalue weighted by Gasteiger charge is 2.21. The molecule has 3 N–H and O–H groups in total. The number of thioether (sulfide) groups is 1. The number of benzene rings is 2. The Kier molecular flexibility index (Phi) is 6.53. The first-order chi connectivity index (χ1) is 18.0. The lowest BCUT2D eigenvalue weighted by molar-refractivity contribution is 0.731. The average Bonchev–Trinajstić information content (AvgIpc) is 2.93. The second-order valence-corrected chi connectivity index (χ2v) is 9.03. The van der Waals surface area contributed by atoms with Crippen molar-refractivity contribution in [3.05, 3.63) is 94.8 Å². The number of nitrogens with one attached hydrogen (secondary N) is 1. The van der Waals surface area contributed by atoms with Gasteiger partial charge < -0.3 is 11.1 Å². The van der Waals surface area contributed by atoms with E-state index in [1.54, 1.807) is 10.8 Å². The molecule has 5 rings (SSSR count). The average molecular weight is 507 g/mol. The normalized spacial score (nSPS) is 11.7. The predicted octanol–water partition coefficient (Wildman–Crippen LogP) is 4.59. The Balaban J connectivity index is 1.74. The van der Waals surface area contributed by atoms with Gasteiger partial charge in [-0.25, -0.2) is 15.0 Å². The predicted molar refractivity (Wildman–Crippen MR) is 146 cm³/mol. The lowest BCUT2D eigenvalue weighted by atomic mass is 10.0. The zero-order chi connectivity index (χ0) is 25.9. The van der Waals surface area contributed by atoms with E-state index < -0.39 is 6.04 Å². The monoisotopic (exact) mass is 506 g/mol. The van der Waals surface area contributed by atoms with E-state index >= 15 is 0 Å². The molecule has 1 atom stereocenters. The molecule has 5 aromatic rings. The van der Waals surface area contributed by atoms with E-state index in [-0.39, 0.29) is 22.9 Å². The number of para-hydroxylation sites is 1. The van der Waals surface area contributed by atoms with Crippen LogP contribution in [0.1, 0.15) is 24.4 Å². The number of anilines is 2. The molecule has 0 saturated carbocycles. The van der Waals surface area contributed by atoms with Gasteiger partial charge in [0.2, 0.25) is 5.95 Å². The van der Waals surface area contributed by atoms with Crippen LogP contribution in [-0.2, 0) is 0 Å². The van der Waals surface area contributed by atoms with Crippen LogP contribution in [0.4, 0.5) is 11.8 Å². The minimum atomic E-state index is -0.508. The van der Waals surface area contributed by atoms with Crippen LogP contribution in [0.15, 0.2) is 82.9 Å². The first kappa shape index (κ1) is 24.0. The van der Waals surface area contributed by atoms with Crippen LogP contribution in [0.25, 0.3) is 27.7 Å². The van der Waals surface area contributed by atoms with Gasteiger partial charge >= 0.3 is 0 Å². The van der Waals surface area contributed by atoms with Gasteiger partial charge in [0.25, 0.3) is 5.56 Å². The summed E-state index contributed by atoms with van der Waals surface area (Å²) in [6, 6.07) is 20.4. The summed E-state index contributed by atoms with van der Waals surface area (Å²) in [5.74, 6) is 0.764. The molecule has 0 fully saturated rings. The van der Waals surface area contributed by atoms with Crippen LogP contribution in [0.3, 0.4) is 0 Å². The van der Waals surface area contributed by atoms with Gasteiger partial charge in [-0.15, -0.1) is 11.8 Å². The molecule has 0 aliphatic heterocycles. The fourth-order valence-electron chi connectivity index (χ4n) is 4.15. The number of nitrogens with zero attached hydrogens (tertiary/aromatic N) is 6. The van der Waals surface area contributed by atoms with Gasteiger partial charge in [0, 0.05) is 6.20 Å². The van der Waals surface area contributed by atoms with Crippen molar-refractivity contribution in [3.8, 4) is 22.9 Å². The number of rotatable bonds is 6. The number of aromatic nitrogens is 5. The molecule has 0 aliphatic carbocycles. The molecule has 0 amide bonds. The summed E-state index contributed by atoms with van der Waals surface area (Å²) in [5.41, 5.74) is 8.68. The van der Waals surface area contributed by atoms with Crippen molar-refractivity contribution in [2.45, 2.75) is 18.0 Å². The Morgan fingerprint density at radius 2 is 1.89 bits per heavy atom. The van der Waals surface area contributed by atoms with Gasteiger partial charge in [0.15, 0.2) is 0 Å². The molecule has 0 bridgehead atoms. The Hall–Kier alpha value is -4.75. The van der Waals surface area contributed by atoms with Crippen LogP contribution in [-0.4, -0.2) is 30.8 Å². The summed E-state index contributed by atoms with van der Waals surface area (Å²) >= 11 is 1.54. The molecule has 9 nitrogen and oxygen atoms in total. The van der Waals surface area contributed by atoms with Crippen molar-refractivity contribution in [3.63, 3.8) is 0 Å². The third-order valence-electron chi connectivity index (χ3n) is 5.86. The van der Waals surface area contributed by atoms with Crippen molar-refractivity contribution in [1.29, 1.82) is 5.26 Å². The van der Waals surface area contributed by atoms with Crippen molar-refractivity contribution in [1.82, 2.24) is 24.5 Å². The molecule has 37 heavy (non-hydrogen) atoms. The molecule has 0 saturated heterocycles. The summed E-state index contributed by atoms with van der Waals surface area (Å²) in [4.78, 5) is 31.6. The number of fused-ring (bicyclic) bond motifs is 1. The summed E-state index contributed by atoms with van der Waals surface area (Å²) in [6.07, 6.45) is 5.06. The molecule has 2 aromatic carbocycles. The zero-order valence-electron chi connectivity index (χ0n) is 20.1. The molecule has 0 aliphatic rings. The third kappa shape index (κ3) is 4.60. The summed E-state index contributed by atoms with van der Waals surface area (Å²) in [5, 5.41) is 14.1. The third-order valence-corrected chi connectivity index (χ3v) is 6.50. The highest BCUT2D eigenvalue weighted by molar-refractivity contribution is 7.98. The minimum absolute atomic E-state index is 0.0345. The van der Waals surface area contributed by atoms with Crippen LogP contribution >= 0.6 is 11.8 Å². The van der Waals surface area contributed by atoms with Crippen molar-refractivity contribution in [2.75, 3.05) is 17.3 Å². The molecule has 10 heteroatoms. The SMILES string of the molecule is CSc1cc(-c2cccc3nc(C(C)Nc4nc(N)ncc4C#N)n(-c4ccccc4)c(=O)c23)ccn1. The van der Waals surface area contributed by atoms with Crippen molar-refractivity contribution < 1.29 is 0 Å². The molecule has 0 spiro atoms. The Labute approximate surface area is 217 Å². The lowest BCUT2D eigenvalue weighted by Gasteiger charge is -2.21. The molecule has 1 unspecified atom stereocenters. The van der Waals surface area contributed by atoms with Crippen LogP contribution in [0, 0.1) is 11.3 Å². The number of nitrogen functional groups attached to an aromatic ring is 1. The van der Waals surface area contributed by atoms with Gasteiger partial charge in [-0.1, -0.05) is 30.3 Å². The molecular weight excluding hydrogens is 484 g/mol. The molecule has 3 heterocycles. The Morgan fingerprint density at radius 1 is 1.08 bits per heavy atom. The fourth-order valence-corrected chi connectivity index (χ4v) is 4.56. The fraction of sp³-hybridized carbons (Fsp3) is 0.111. The maximum Gasteiger partial charge on any atom is 0.266 e. The number of nitriles is 1. The van der Waals surface area contributed by atoms with Gasteiger partial charge in [-0.05, 0) is 54.6 Å². The smallest absolute Gasteiger partial charge is 0.266 e. The Morgan fingerprint density at radius 3 is 2.65 bits per heavy atom. The van der Waals surface area contributed by atoms with E-state index in [4.69, 9.17) is 10.7 Å². The lowest BCUT2D eigenvalue weighted by Crippen LogP contribution is -2.28. The molecule has 3 aromatic heterocycles. The van der Waals surface area contributed by atoms with Crippen molar-refractivity contribution >= 4 is 34.4 Å². The molecule has 0 radical (unpaired) electrons. The minimum Gasteiger partial charge on any atom is -0.368 e. The summed E-state index contributed by atoms with van der Waals surface area (Å²) in [7, 11) is 0. The van der Waals surface area contributed by atoms with E-state index in [0.29, 0.717) is 22.4 Å². The van der Waals surface area contributed by atoms with Crippen LogP contribution in [0.5, 0.6) is 0 Å². The first-order valence-corrected chi connectivity index (χ1v) is 12.6. The standard InChI is InChI=1S/C27H22N8OS/c1-16(32-24-18(14-28)15-31-27(29)34-24)25-33-21-10-6-9-20(17-11-12-30-22(13-17)37-2)23(21)26(36)35(25)19-7-4-3-5-8-19/h3-13,15-16H,1-2H3,(H3,29,31,32,34). The zero-order valence-corrected chi connectivity index (χ0v) is 20.9. The van der Waals surface area contributed by atoms with Crippen LogP contribution < -0.4 is 16.6 Å². The van der Waals surface area contributed by atoms with E-state index in [1.807, 2.05) is 73.8 Å². The highest BCUT2D eigenvalue weighted by atomic mass is 32.2. The second-order valence-electron chi connectivity index (χ2n) is 8.20. The van der Waals surface area contributed by atoms with E-state index in [0.717, 1.165) is 16.2 Å². The van der Waals surface area contributed by atoms with Crippen molar-refractivity contribution in [2.24, 2.45) is 0 Å². The van der Waals surface area contributed by atoms with E-state index in [1.165, 1.54) is 18.0 Å². The number of hydrogen-bond acceptors (Lipinski definition) is 9. The van der Waals surface area contributed by atoms with E-state index in [9.17, 15) is 10.1 Å². The van der Waals surface area contributed by atoms with Gasteiger partial charge in [0.1, 0.15) is 23.3 Å². The number of nitrogens with two attached hydrogens (primary N) is 1. The highest BCUT2D eigenvalue weighted by Crippen LogP contribution is 2.30. The van der Waals surface area contributed by atoms with Gasteiger partial charge in [-0.3, -0.25) is 9.36 Å². The summed E-state index contributed by atoms with van der Waals surface area (Å²) in [6.45, 7) is 1.85. The van der Waals surface area contributed by atoms with Gasteiger partial charge in [0.05, 0.1) is 33.9 Å². The van der Waals surface area contributed by atoms with E-state index in [2.05, 4.69) is 26.3 Å². The largest absolute Gasteiger partial charge is 0.368 e. The molecular formula is C27H22N8OS. The second kappa shape index (κ2) is 10.1. The topological polar surface area (TPSA) is 135 Å². The van der Waals surface area contributed by atoms with Crippen LogP contribution in [0.2, 0.25) is 0 Å². The maximum absolute atomic E-state index is 14.2. The number of pyridine rings is 1. The summed E-state index contributed by atoms with van der Waals surface area (Å²) < 4.78 is 1.59. The first-order valence-electron chi connectivity index (χ1n) is 11.4. The number of hydrogen-bond donors (Lipinski definition) is 2. The Bertz CT molecular complexity index is 1710. The molecule has 182 valence electrons. The maximum atomic E-state index is 14.2.